The molecule has 1 aliphatic rings. The highest BCUT2D eigenvalue weighted by atomic mass is 16.7. The van der Waals surface area contributed by atoms with Gasteiger partial charge in [0.05, 0.1) is 24.9 Å². The number of aliphatic hydroxyl groups is 9. The van der Waals surface area contributed by atoms with Crippen molar-refractivity contribution in [1.29, 1.82) is 0 Å². The van der Waals surface area contributed by atoms with E-state index in [1.165, 1.54) is 19.9 Å². The van der Waals surface area contributed by atoms with E-state index in [9.17, 15) is 50.4 Å². The zero-order valence-electron chi connectivity index (χ0n) is 35.8. The minimum Gasteiger partial charge on any atom is -0.463 e. The van der Waals surface area contributed by atoms with E-state index in [0.717, 1.165) is 19.3 Å². The molecule has 1 saturated heterocycles. The van der Waals surface area contributed by atoms with Crippen molar-refractivity contribution in [1.82, 2.24) is 0 Å². The maximum Gasteiger partial charge on any atom is 0.333 e. The van der Waals surface area contributed by atoms with Crippen LogP contribution in [-0.2, 0) is 28.5 Å². The first kappa shape index (κ1) is 52.7. The third-order valence-electron chi connectivity index (χ3n) is 10.9. The maximum absolute atomic E-state index is 12.5. The summed E-state index contributed by atoms with van der Waals surface area (Å²) in [6.45, 7) is 18.4. The second kappa shape index (κ2) is 25.4. The maximum atomic E-state index is 12.5. The van der Waals surface area contributed by atoms with Crippen molar-refractivity contribution < 1.29 is 74.5 Å². The molecule has 57 heavy (non-hydrogen) atoms. The molecule has 0 aromatic carbocycles. The molecule has 15 heteroatoms. The third kappa shape index (κ3) is 17.1. The lowest BCUT2D eigenvalue weighted by molar-refractivity contribution is -0.317. The summed E-state index contributed by atoms with van der Waals surface area (Å²) in [5, 5.41) is 92.7. The lowest BCUT2D eigenvalue weighted by Crippen LogP contribution is -2.60. The molecule has 0 spiro atoms. The van der Waals surface area contributed by atoms with Crippen molar-refractivity contribution in [2.45, 2.75) is 163 Å². The van der Waals surface area contributed by atoms with Gasteiger partial charge in [-0.15, -0.1) is 0 Å². The summed E-state index contributed by atoms with van der Waals surface area (Å²) in [5.41, 5.74) is 1.30. The molecule has 9 N–H and O–H groups in total. The summed E-state index contributed by atoms with van der Waals surface area (Å²) < 4.78 is 22.4. The van der Waals surface area contributed by atoms with Crippen LogP contribution in [0.15, 0.2) is 34.9 Å². The highest BCUT2D eigenvalue weighted by Crippen LogP contribution is 2.33. The van der Waals surface area contributed by atoms with Crippen molar-refractivity contribution in [2.75, 3.05) is 19.8 Å². The molecule has 15 unspecified atom stereocenters. The Bertz CT molecular complexity index is 1300. The SMILES string of the molecule is CCC(C)CC(C)CC(C)C(OC1OC(COC(C)=O)C(O)C(O)C1O)C(C)/C=C(\C)C(O)C(C)/C=C(\C)C(O)C(C)/C=C(\C)C(=O)OCC(O)[C@H](O)[C@@H](O)CO. The van der Waals surface area contributed by atoms with Crippen LogP contribution in [0.1, 0.15) is 95.4 Å². The fourth-order valence-electron chi connectivity index (χ4n) is 7.35. The first-order valence-electron chi connectivity index (χ1n) is 20.2. The van der Waals surface area contributed by atoms with Crippen LogP contribution >= 0.6 is 0 Å². The number of aliphatic hydroxyl groups excluding tert-OH is 9. The number of ether oxygens (including phenoxy) is 4. The normalized spacial score (nSPS) is 27.5. The Labute approximate surface area is 339 Å². The summed E-state index contributed by atoms with van der Waals surface area (Å²) in [5.74, 6) is -1.96. The van der Waals surface area contributed by atoms with Crippen LogP contribution in [0.5, 0.6) is 0 Å². The van der Waals surface area contributed by atoms with Gasteiger partial charge in [-0.1, -0.05) is 73.1 Å². The summed E-state index contributed by atoms with van der Waals surface area (Å²) in [6, 6.07) is 0. The van der Waals surface area contributed by atoms with Crippen LogP contribution in [0, 0.1) is 35.5 Å². The molecule has 0 saturated carbocycles. The zero-order chi connectivity index (χ0) is 43.9. The van der Waals surface area contributed by atoms with Crippen LogP contribution in [0.4, 0.5) is 0 Å². The van der Waals surface area contributed by atoms with Crippen LogP contribution in [0.2, 0.25) is 0 Å². The van der Waals surface area contributed by atoms with Gasteiger partial charge < -0.3 is 64.9 Å². The molecule has 1 aliphatic heterocycles. The molecule has 0 radical (unpaired) electrons. The van der Waals surface area contributed by atoms with Gasteiger partial charge in [-0.3, -0.25) is 4.79 Å². The molecular weight excluding hydrogens is 744 g/mol. The average molecular weight is 819 g/mol. The Morgan fingerprint density at radius 3 is 1.77 bits per heavy atom. The third-order valence-corrected chi connectivity index (χ3v) is 10.9. The van der Waals surface area contributed by atoms with Crippen molar-refractivity contribution >= 4 is 11.9 Å². The molecule has 332 valence electrons. The molecule has 0 aromatic rings. The van der Waals surface area contributed by atoms with E-state index in [0.29, 0.717) is 23.0 Å². The summed E-state index contributed by atoms with van der Waals surface area (Å²) in [4.78, 5) is 23.9. The summed E-state index contributed by atoms with van der Waals surface area (Å²) in [7, 11) is 0. The number of hydrogen-bond acceptors (Lipinski definition) is 15. The average Bonchev–Trinajstić information content (AvgIpc) is 3.15. The molecule has 17 atom stereocenters. The van der Waals surface area contributed by atoms with E-state index in [1.807, 2.05) is 19.9 Å². The van der Waals surface area contributed by atoms with E-state index in [4.69, 9.17) is 24.1 Å². The predicted octanol–water partition coefficient (Wildman–Crippen LogP) is 1.93. The van der Waals surface area contributed by atoms with Gasteiger partial charge in [-0.05, 0) is 62.5 Å². The van der Waals surface area contributed by atoms with Gasteiger partial charge in [0.15, 0.2) is 6.29 Å². The van der Waals surface area contributed by atoms with E-state index in [1.54, 1.807) is 33.8 Å². The Hall–Kier alpha value is -2.28. The van der Waals surface area contributed by atoms with Crippen LogP contribution < -0.4 is 0 Å². The zero-order valence-corrected chi connectivity index (χ0v) is 35.8. The van der Waals surface area contributed by atoms with Crippen LogP contribution in [0.3, 0.4) is 0 Å². The first-order valence-corrected chi connectivity index (χ1v) is 20.2. The van der Waals surface area contributed by atoms with Crippen molar-refractivity contribution in [2.24, 2.45) is 35.5 Å². The second-order valence-corrected chi connectivity index (χ2v) is 16.5. The monoisotopic (exact) mass is 819 g/mol. The highest BCUT2D eigenvalue weighted by Gasteiger charge is 2.46. The molecule has 0 aromatic heterocycles. The van der Waals surface area contributed by atoms with E-state index in [2.05, 4.69) is 20.8 Å². The van der Waals surface area contributed by atoms with E-state index < -0.39 is 104 Å². The van der Waals surface area contributed by atoms with Crippen LogP contribution in [-0.4, -0.2) is 145 Å². The van der Waals surface area contributed by atoms with Gasteiger partial charge in [0.2, 0.25) is 0 Å². The van der Waals surface area contributed by atoms with Gasteiger partial charge in [0.1, 0.15) is 55.9 Å². The van der Waals surface area contributed by atoms with Gasteiger partial charge in [0.25, 0.3) is 0 Å². The fourth-order valence-corrected chi connectivity index (χ4v) is 7.35. The smallest absolute Gasteiger partial charge is 0.333 e. The Morgan fingerprint density at radius 2 is 1.25 bits per heavy atom. The molecule has 1 heterocycles. The van der Waals surface area contributed by atoms with Crippen LogP contribution in [0.25, 0.3) is 0 Å². The quantitative estimate of drug-likeness (QED) is 0.0383. The van der Waals surface area contributed by atoms with E-state index >= 15 is 0 Å². The molecular formula is C42H74O15. The Balaban J connectivity index is 3.20. The number of esters is 2. The molecule has 15 nitrogen and oxygen atoms in total. The summed E-state index contributed by atoms with van der Waals surface area (Å²) >= 11 is 0. The number of carbonyl (C=O) groups excluding carboxylic acids is 2. The second-order valence-electron chi connectivity index (χ2n) is 16.5. The highest BCUT2D eigenvalue weighted by molar-refractivity contribution is 5.87. The van der Waals surface area contributed by atoms with Gasteiger partial charge in [-0.2, -0.15) is 0 Å². The minimum absolute atomic E-state index is 0.0761. The summed E-state index contributed by atoms with van der Waals surface area (Å²) in [6.07, 6.45) is -6.74. The molecule has 1 rings (SSSR count). The van der Waals surface area contributed by atoms with Crippen molar-refractivity contribution in [3.8, 4) is 0 Å². The predicted molar refractivity (Wildman–Crippen MR) is 212 cm³/mol. The standard InChI is InChI=1S/C42H74O15/c1-12-21(2)13-22(3)14-27(8)40(57-42-39(52)38(51)37(50)33(56-42)20-54-30(11)44)28(9)16-25(6)34(47)23(4)15-24(5)35(48)26(7)17-29(10)41(53)55-19-32(46)36(49)31(45)18-43/h15-17,21-23,26-28,31-40,42-43,45-52H,12-14,18-20H2,1-11H3/b24-15+,25-16+,29-17+/t21?,22?,23?,26?,27?,28?,31-,32?,33?,34?,35?,36+,37?,38?,39?,40?,42?/m0/s1. The van der Waals surface area contributed by atoms with Gasteiger partial charge in [0, 0.05) is 30.3 Å². The van der Waals surface area contributed by atoms with Crippen molar-refractivity contribution in [3.05, 3.63) is 34.9 Å². The number of hydrogen-bond donors (Lipinski definition) is 9. The largest absolute Gasteiger partial charge is 0.463 e. The molecule has 0 bridgehead atoms. The van der Waals surface area contributed by atoms with E-state index in [-0.39, 0.29) is 24.0 Å². The topological polar surface area (TPSA) is 253 Å². The number of rotatable bonds is 24. The molecule has 0 aliphatic carbocycles. The van der Waals surface area contributed by atoms with Gasteiger partial charge >= 0.3 is 11.9 Å². The minimum atomic E-state index is -1.71. The van der Waals surface area contributed by atoms with Gasteiger partial charge in [-0.25, -0.2) is 4.79 Å². The molecule has 0 amide bonds. The first-order chi connectivity index (χ1) is 26.5. The Kier molecular flexibility index (Phi) is 23.5. The fraction of sp³-hybridized carbons (Fsp3) is 0.810. The lowest BCUT2D eigenvalue weighted by atomic mass is 9.82. The van der Waals surface area contributed by atoms with Crippen molar-refractivity contribution in [3.63, 3.8) is 0 Å². The number of carbonyl (C=O) groups is 2. The Morgan fingerprint density at radius 1 is 0.702 bits per heavy atom. The lowest BCUT2D eigenvalue weighted by Gasteiger charge is -2.43. The molecule has 1 fully saturated rings.